The first-order valence-corrected chi connectivity index (χ1v) is 10.9. The van der Waals surface area contributed by atoms with Gasteiger partial charge in [0.05, 0.1) is 11.2 Å². The minimum Gasteiger partial charge on any atom is -0.311 e. The van der Waals surface area contributed by atoms with E-state index in [-0.39, 0.29) is 0 Å². The third kappa shape index (κ3) is 5.66. The standard InChI is InChI=1S/C23H36N4/c1-3-5-16-26-17-12-20(13-18-26)9-8-14-24-19-22-21-10-6-7-11-23(21)27(25-22)15-4-2/h6-7,9-11,24H,3-5,8,12-19H2,1-2H3. The lowest BCUT2D eigenvalue weighted by molar-refractivity contribution is 0.252. The van der Waals surface area contributed by atoms with Crippen LogP contribution in [-0.4, -0.2) is 40.9 Å². The summed E-state index contributed by atoms with van der Waals surface area (Å²) in [7, 11) is 0. The number of benzene rings is 1. The summed E-state index contributed by atoms with van der Waals surface area (Å²) in [5.74, 6) is 0. The molecule has 1 fully saturated rings. The Morgan fingerprint density at radius 3 is 2.67 bits per heavy atom. The van der Waals surface area contributed by atoms with Gasteiger partial charge in [-0.25, -0.2) is 0 Å². The summed E-state index contributed by atoms with van der Waals surface area (Å²) < 4.78 is 2.15. The molecule has 1 N–H and O–H groups in total. The Balaban J connectivity index is 1.43. The van der Waals surface area contributed by atoms with Gasteiger partial charge in [-0.2, -0.15) is 5.10 Å². The minimum absolute atomic E-state index is 0.852. The number of rotatable bonds is 10. The van der Waals surface area contributed by atoms with Gasteiger partial charge in [0.15, 0.2) is 0 Å². The molecule has 27 heavy (non-hydrogen) atoms. The van der Waals surface area contributed by atoms with E-state index in [4.69, 9.17) is 5.10 Å². The molecule has 1 aromatic carbocycles. The molecule has 0 amide bonds. The van der Waals surface area contributed by atoms with Gasteiger partial charge in [-0.3, -0.25) is 4.68 Å². The van der Waals surface area contributed by atoms with Gasteiger partial charge in [0.2, 0.25) is 0 Å². The second-order valence-corrected chi connectivity index (χ2v) is 7.71. The Bertz CT molecular complexity index is 721. The molecule has 1 aliphatic rings. The van der Waals surface area contributed by atoms with Gasteiger partial charge in [0.25, 0.3) is 0 Å². The Morgan fingerprint density at radius 2 is 1.89 bits per heavy atom. The molecule has 4 nitrogen and oxygen atoms in total. The normalized spacial score (nSPS) is 15.6. The second-order valence-electron chi connectivity index (χ2n) is 7.71. The van der Waals surface area contributed by atoms with Crippen LogP contribution in [0, 0.1) is 0 Å². The van der Waals surface area contributed by atoms with E-state index in [1.807, 2.05) is 0 Å². The topological polar surface area (TPSA) is 33.1 Å². The molecule has 2 aromatic rings. The highest BCUT2D eigenvalue weighted by molar-refractivity contribution is 5.81. The van der Waals surface area contributed by atoms with Gasteiger partial charge in [-0.1, -0.05) is 50.1 Å². The molecule has 1 saturated heterocycles. The molecule has 2 heterocycles. The number of fused-ring (bicyclic) bond motifs is 1. The van der Waals surface area contributed by atoms with Gasteiger partial charge in [0.1, 0.15) is 0 Å². The van der Waals surface area contributed by atoms with E-state index in [9.17, 15) is 0 Å². The zero-order valence-electron chi connectivity index (χ0n) is 17.2. The summed E-state index contributed by atoms with van der Waals surface area (Å²) >= 11 is 0. The molecule has 0 spiro atoms. The van der Waals surface area contributed by atoms with Crippen molar-refractivity contribution >= 4 is 10.9 Å². The third-order valence-corrected chi connectivity index (χ3v) is 5.54. The first-order valence-electron chi connectivity index (χ1n) is 10.9. The van der Waals surface area contributed by atoms with Gasteiger partial charge in [-0.05, 0) is 51.3 Å². The van der Waals surface area contributed by atoms with Crippen LogP contribution in [0.1, 0.15) is 58.1 Å². The number of hydrogen-bond acceptors (Lipinski definition) is 3. The molecule has 0 unspecified atom stereocenters. The summed E-state index contributed by atoms with van der Waals surface area (Å²) in [6.07, 6.45) is 9.87. The van der Waals surface area contributed by atoms with Crippen molar-refractivity contribution in [1.29, 1.82) is 0 Å². The number of aromatic nitrogens is 2. The molecule has 148 valence electrons. The Hall–Kier alpha value is -1.65. The van der Waals surface area contributed by atoms with Crippen molar-refractivity contribution in [3.8, 4) is 0 Å². The molecular formula is C23H36N4. The molecule has 0 atom stereocenters. The number of hydrogen-bond donors (Lipinski definition) is 1. The minimum atomic E-state index is 0.852. The third-order valence-electron chi connectivity index (χ3n) is 5.54. The van der Waals surface area contributed by atoms with E-state index in [0.29, 0.717) is 0 Å². The zero-order valence-corrected chi connectivity index (χ0v) is 17.2. The molecular weight excluding hydrogens is 332 g/mol. The molecule has 0 bridgehead atoms. The summed E-state index contributed by atoms with van der Waals surface area (Å²) in [5, 5.41) is 9.72. The summed E-state index contributed by atoms with van der Waals surface area (Å²) in [6, 6.07) is 8.59. The number of likely N-dealkylation sites (tertiary alicyclic amines) is 1. The second kappa shape index (κ2) is 10.6. The van der Waals surface area contributed by atoms with Crippen LogP contribution in [0.5, 0.6) is 0 Å². The Morgan fingerprint density at radius 1 is 1.07 bits per heavy atom. The smallest absolute Gasteiger partial charge is 0.0841 e. The van der Waals surface area contributed by atoms with Crippen molar-refractivity contribution in [1.82, 2.24) is 20.0 Å². The lowest BCUT2D eigenvalue weighted by atomic mass is 10.0. The lowest BCUT2D eigenvalue weighted by Gasteiger charge is -2.28. The molecule has 3 rings (SSSR count). The van der Waals surface area contributed by atoms with E-state index in [1.165, 1.54) is 61.9 Å². The number of para-hydroxylation sites is 1. The van der Waals surface area contributed by atoms with E-state index in [2.05, 4.69) is 59.1 Å². The Kier molecular flexibility index (Phi) is 7.91. The summed E-state index contributed by atoms with van der Waals surface area (Å²) in [4.78, 5) is 2.62. The van der Waals surface area contributed by atoms with Crippen LogP contribution in [0.25, 0.3) is 10.9 Å². The van der Waals surface area contributed by atoms with Gasteiger partial charge >= 0.3 is 0 Å². The van der Waals surface area contributed by atoms with Crippen LogP contribution in [-0.2, 0) is 13.1 Å². The van der Waals surface area contributed by atoms with E-state index >= 15 is 0 Å². The highest BCUT2D eigenvalue weighted by atomic mass is 15.3. The summed E-state index contributed by atoms with van der Waals surface area (Å²) in [6.45, 7) is 11.1. The van der Waals surface area contributed by atoms with E-state index < -0.39 is 0 Å². The average molecular weight is 369 g/mol. The summed E-state index contributed by atoms with van der Waals surface area (Å²) in [5.41, 5.74) is 4.09. The van der Waals surface area contributed by atoms with Gasteiger partial charge in [-0.15, -0.1) is 0 Å². The van der Waals surface area contributed by atoms with Crippen molar-refractivity contribution in [3.63, 3.8) is 0 Å². The highest BCUT2D eigenvalue weighted by Crippen LogP contribution is 2.19. The van der Waals surface area contributed by atoms with Crippen LogP contribution in [0.3, 0.4) is 0 Å². The number of nitrogens with zero attached hydrogens (tertiary/aromatic N) is 3. The predicted octanol–water partition coefficient (Wildman–Crippen LogP) is 4.75. The molecule has 0 radical (unpaired) electrons. The largest absolute Gasteiger partial charge is 0.311 e. The average Bonchev–Trinajstić information content (AvgIpc) is 3.05. The fourth-order valence-corrected chi connectivity index (χ4v) is 3.94. The molecule has 1 aromatic heterocycles. The van der Waals surface area contributed by atoms with Crippen LogP contribution < -0.4 is 5.32 Å². The van der Waals surface area contributed by atoms with Crippen LogP contribution >= 0.6 is 0 Å². The predicted molar refractivity (Wildman–Crippen MR) is 115 cm³/mol. The first kappa shape index (κ1) is 20.1. The lowest BCUT2D eigenvalue weighted by Crippen LogP contribution is -2.31. The fraction of sp³-hybridized carbons (Fsp3) is 0.609. The van der Waals surface area contributed by atoms with Crippen molar-refractivity contribution in [3.05, 3.63) is 41.6 Å². The first-order chi connectivity index (χ1) is 13.3. The SMILES string of the molecule is CCCCN1CCC(=CCCNCc2nn(CCC)c3ccccc23)CC1. The number of piperidine rings is 1. The molecule has 0 saturated carbocycles. The van der Waals surface area contributed by atoms with Crippen molar-refractivity contribution < 1.29 is 0 Å². The van der Waals surface area contributed by atoms with Gasteiger partial charge in [0, 0.05) is 31.6 Å². The van der Waals surface area contributed by atoms with Crippen LogP contribution in [0.4, 0.5) is 0 Å². The maximum absolute atomic E-state index is 4.83. The number of nitrogens with one attached hydrogen (secondary N) is 1. The van der Waals surface area contributed by atoms with Crippen LogP contribution in [0.2, 0.25) is 0 Å². The van der Waals surface area contributed by atoms with E-state index in [0.717, 1.165) is 32.5 Å². The molecule has 4 heteroatoms. The quantitative estimate of drug-likeness (QED) is 0.485. The highest BCUT2D eigenvalue weighted by Gasteiger charge is 2.12. The van der Waals surface area contributed by atoms with Crippen LogP contribution in [0.15, 0.2) is 35.9 Å². The van der Waals surface area contributed by atoms with Gasteiger partial charge < -0.3 is 10.2 Å². The fourth-order valence-electron chi connectivity index (χ4n) is 3.94. The maximum Gasteiger partial charge on any atom is 0.0841 e. The maximum atomic E-state index is 4.83. The molecule has 1 aliphatic heterocycles. The van der Waals surface area contributed by atoms with E-state index in [1.54, 1.807) is 5.57 Å². The van der Waals surface area contributed by atoms with Crippen molar-refractivity contribution in [2.45, 2.75) is 65.5 Å². The Labute approximate surface area is 164 Å². The number of aryl methyl sites for hydroxylation is 1. The molecule has 0 aliphatic carbocycles. The zero-order chi connectivity index (χ0) is 18.9. The van der Waals surface area contributed by atoms with Crippen molar-refractivity contribution in [2.24, 2.45) is 0 Å². The van der Waals surface area contributed by atoms with Crippen molar-refractivity contribution in [2.75, 3.05) is 26.2 Å². The number of unbranched alkanes of at least 4 members (excludes halogenated alkanes) is 1. The monoisotopic (exact) mass is 368 g/mol.